The van der Waals surface area contributed by atoms with Crippen LogP contribution in [0.25, 0.3) is 0 Å². The standard InChI is InChI=1S/C21H23N3O2S/c1-12-5-6-13(2)17(11-12)23-20(25)18-14(3)22-21(27)24-19(18)15-7-9-16(26-4)10-8-15/h5-11,19H,1-4H3,(H,23,25)(H2,22,24,27)/t19-/m1/s1. The van der Waals surface area contributed by atoms with E-state index in [2.05, 4.69) is 16.0 Å². The Balaban J connectivity index is 1.95. The van der Waals surface area contributed by atoms with Gasteiger partial charge in [0.05, 0.1) is 18.7 Å². The molecule has 2 aromatic carbocycles. The number of nitrogens with one attached hydrogen (secondary N) is 3. The number of carbonyl (C=O) groups is 1. The average molecular weight is 382 g/mol. The van der Waals surface area contributed by atoms with E-state index in [1.807, 2.05) is 63.2 Å². The number of methoxy groups -OCH3 is 1. The molecule has 0 saturated heterocycles. The zero-order valence-corrected chi connectivity index (χ0v) is 16.7. The molecule has 0 unspecified atom stereocenters. The van der Waals surface area contributed by atoms with Crippen molar-refractivity contribution in [1.29, 1.82) is 0 Å². The molecule has 3 N–H and O–H groups in total. The molecule has 0 aliphatic carbocycles. The molecule has 3 rings (SSSR count). The quantitative estimate of drug-likeness (QED) is 0.704. The van der Waals surface area contributed by atoms with Crippen molar-refractivity contribution < 1.29 is 9.53 Å². The highest BCUT2D eigenvalue weighted by molar-refractivity contribution is 7.80. The van der Waals surface area contributed by atoms with Crippen LogP contribution < -0.4 is 20.7 Å². The van der Waals surface area contributed by atoms with E-state index in [4.69, 9.17) is 17.0 Å². The molecule has 2 aromatic rings. The van der Waals surface area contributed by atoms with Gasteiger partial charge in [-0.2, -0.15) is 0 Å². The number of benzene rings is 2. The Hall–Kier alpha value is -2.86. The first-order chi connectivity index (χ1) is 12.9. The van der Waals surface area contributed by atoms with Crippen LogP contribution in [0.2, 0.25) is 0 Å². The van der Waals surface area contributed by atoms with Crippen LogP contribution in [-0.4, -0.2) is 18.1 Å². The number of carbonyl (C=O) groups excluding carboxylic acids is 1. The minimum absolute atomic E-state index is 0.162. The lowest BCUT2D eigenvalue weighted by atomic mass is 9.94. The number of hydrogen-bond donors (Lipinski definition) is 3. The zero-order valence-electron chi connectivity index (χ0n) is 15.8. The molecule has 1 atom stereocenters. The molecule has 140 valence electrons. The first-order valence-corrected chi connectivity index (χ1v) is 9.10. The van der Waals surface area contributed by atoms with Crippen molar-refractivity contribution >= 4 is 28.9 Å². The maximum Gasteiger partial charge on any atom is 0.255 e. The maximum absolute atomic E-state index is 13.1. The molecule has 0 aromatic heterocycles. The number of ether oxygens (including phenoxy) is 1. The molecule has 0 fully saturated rings. The molecule has 1 heterocycles. The average Bonchev–Trinajstić information content (AvgIpc) is 2.64. The van der Waals surface area contributed by atoms with E-state index in [9.17, 15) is 4.79 Å². The van der Waals surface area contributed by atoms with Crippen molar-refractivity contribution in [1.82, 2.24) is 10.6 Å². The Morgan fingerprint density at radius 1 is 1.11 bits per heavy atom. The largest absolute Gasteiger partial charge is 0.497 e. The number of thiocarbonyl (C=S) groups is 1. The SMILES string of the molecule is COc1ccc([C@H]2NC(=S)NC(C)=C2C(=O)Nc2cc(C)ccc2C)cc1. The number of allylic oxidation sites excluding steroid dienone is 1. The van der Waals surface area contributed by atoms with Gasteiger partial charge in [-0.3, -0.25) is 4.79 Å². The van der Waals surface area contributed by atoms with Crippen LogP contribution in [0.1, 0.15) is 29.7 Å². The summed E-state index contributed by atoms with van der Waals surface area (Å²) in [5.41, 5.74) is 5.19. The molecule has 5 nitrogen and oxygen atoms in total. The molecular weight excluding hydrogens is 358 g/mol. The Bertz CT molecular complexity index is 920. The van der Waals surface area contributed by atoms with Crippen molar-refractivity contribution in [3.63, 3.8) is 0 Å². The van der Waals surface area contributed by atoms with Crippen LogP contribution >= 0.6 is 12.2 Å². The second kappa shape index (κ2) is 7.80. The van der Waals surface area contributed by atoms with Crippen LogP contribution in [-0.2, 0) is 4.79 Å². The molecule has 0 saturated carbocycles. The fraction of sp³-hybridized carbons (Fsp3) is 0.238. The summed E-state index contributed by atoms with van der Waals surface area (Å²) >= 11 is 5.30. The predicted molar refractivity (Wildman–Crippen MR) is 112 cm³/mol. The lowest BCUT2D eigenvalue weighted by Gasteiger charge is -2.30. The topological polar surface area (TPSA) is 62.4 Å². The summed E-state index contributed by atoms with van der Waals surface area (Å²) in [5.74, 6) is 0.599. The summed E-state index contributed by atoms with van der Waals surface area (Å²) in [6, 6.07) is 13.3. The number of hydrogen-bond acceptors (Lipinski definition) is 3. The second-order valence-electron chi connectivity index (χ2n) is 6.62. The van der Waals surface area contributed by atoms with E-state index in [1.165, 1.54) is 0 Å². The van der Waals surface area contributed by atoms with Crippen molar-refractivity contribution in [3.8, 4) is 5.75 Å². The van der Waals surface area contributed by atoms with Gasteiger partial charge in [-0.15, -0.1) is 0 Å². The Morgan fingerprint density at radius 3 is 2.48 bits per heavy atom. The molecule has 1 aliphatic rings. The van der Waals surface area contributed by atoms with Gasteiger partial charge in [0.2, 0.25) is 0 Å². The first kappa shape index (κ1) is 18.9. The summed E-state index contributed by atoms with van der Waals surface area (Å²) in [4.78, 5) is 13.1. The van der Waals surface area contributed by atoms with E-state index in [0.29, 0.717) is 10.7 Å². The molecule has 6 heteroatoms. The summed E-state index contributed by atoms with van der Waals surface area (Å²) in [5, 5.41) is 9.80. The molecule has 1 amide bonds. The van der Waals surface area contributed by atoms with Gasteiger partial charge >= 0.3 is 0 Å². The van der Waals surface area contributed by atoms with Gasteiger partial charge in [-0.25, -0.2) is 0 Å². The van der Waals surface area contributed by atoms with Gasteiger partial charge in [0, 0.05) is 11.4 Å². The highest BCUT2D eigenvalue weighted by Crippen LogP contribution is 2.29. The molecular formula is C21H23N3O2S. The third-order valence-corrected chi connectivity index (χ3v) is 4.82. The minimum atomic E-state index is -0.338. The van der Waals surface area contributed by atoms with Crippen LogP contribution in [0.4, 0.5) is 5.69 Å². The Kier molecular flexibility index (Phi) is 5.46. The predicted octanol–water partition coefficient (Wildman–Crippen LogP) is 3.74. The van der Waals surface area contributed by atoms with Crippen molar-refractivity contribution in [2.75, 3.05) is 12.4 Å². The van der Waals surface area contributed by atoms with Crippen LogP contribution in [0, 0.1) is 13.8 Å². The van der Waals surface area contributed by atoms with Crippen molar-refractivity contribution in [3.05, 3.63) is 70.4 Å². The molecule has 27 heavy (non-hydrogen) atoms. The summed E-state index contributed by atoms with van der Waals surface area (Å²) < 4.78 is 5.23. The molecule has 1 aliphatic heterocycles. The van der Waals surface area contributed by atoms with E-state index >= 15 is 0 Å². The smallest absolute Gasteiger partial charge is 0.255 e. The fourth-order valence-electron chi connectivity index (χ4n) is 3.10. The van der Waals surface area contributed by atoms with Crippen LogP contribution in [0.3, 0.4) is 0 Å². The lowest BCUT2D eigenvalue weighted by molar-refractivity contribution is -0.113. The monoisotopic (exact) mass is 381 g/mol. The van der Waals surface area contributed by atoms with E-state index in [0.717, 1.165) is 33.8 Å². The number of amides is 1. The third kappa shape index (κ3) is 4.11. The highest BCUT2D eigenvalue weighted by atomic mass is 32.1. The van der Waals surface area contributed by atoms with Gasteiger partial charge in [-0.1, -0.05) is 24.3 Å². The minimum Gasteiger partial charge on any atom is -0.497 e. The number of rotatable bonds is 4. The number of anilines is 1. The normalized spacial score (nSPS) is 16.4. The van der Waals surface area contributed by atoms with Gasteiger partial charge in [0.25, 0.3) is 5.91 Å². The van der Waals surface area contributed by atoms with Gasteiger partial charge < -0.3 is 20.7 Å². The van der Waals surface area contributed by atoms with Crippen molar-refractivity contribution in [2.45, 2.75) is 26.8 Å². The van der Waals surface area contributed by atoms with Crippen LogP contribution in [0.5, 0.6) is 5.75 Å². The lowest BCUT2D eigenvalue weighted by Crippen LogP contribution is -2.45. The summed E-state index contributed by atoms with van der Waals surface area (Å²) in [6.07, 6.45) is 0. The van der Waals surface area contributed by atoms with Gasteiger partial charge in [-0.05, 0) is 67.9 Å². The Morgan fingerprint density at radius 2 is 1.81 bits per heavy atom. The van der Waals surface area contributed by atoms with E-state index < -0.39 is 0 Å². The zero-order chi connectivity index (χ0) is 19.6. The summed E-state index contributed by atoms with van der Waals surface area (Å²) in [6.45, 7) is 5.84. The van der Waals surface area contributed by atoms with Crippen LogP contribution in [0.15, 0.2) is 53.7 Å². The first-order valence-electron chi connectivity index (χ1n) is 8.70. The van der Waals surface area contributed by atoms with E-state index in [1.54, 1.807) is 7.11 Å². The third-order valence-electron chi connectivity index (χ3n) is 4.60. The summed E-state index contributed by atoms with van der Waals surface area (Å²) in [7, 11) is 1.63. The molecule has 0 bridgehead atoms. The van der Waals surface area contributed by atoms with Gasteiger partial charge in [0.15, 0.2) is 5.11 Å². The second-order valence-corrected chi connectivity index (χ2v) is 7.02. The molecule has 0 radical (unpaired) electrons. The maximum atomic E-state index is 13.1. The van der Waals surface area contributed by atoms with Gasteiger partial charge in [0.1, 0.15) is 5.75 Å². The number of aryl methyl sites for hydroxylation is 2. The fourth-order valence-corrected chi connectivity index (χ4v) is 3.37. The van der Waals surface area contributed by atoms with E-state index in [-0.39, 0.29) is 11.9 Å². The molecule has 0 spiro atoms. The Labute approximate surface area is 164 Å². The highest BCUT2D eigenvalue weighted by Gasteiger charge is 2.30. The van der Waals surface area contributed by atoms with Crippen molar-refractivity contribution in [2.24, 2.45) is 0 Å².